The normalized spacial score (nSPS) is 14.9. The highest BCUT2D eigenvalue weighted by Gasteiger charge is 2.28. The number of ether oxygens (including phenoxy) is 1. The van der Waals surface area contributed by atoms with Crippen molar-refractivity contribution in [2.75, 3.05) is 39.3 Å². The average molecular weight is 518 g/mol. The van der Waals surface area contributed by atoms with Crippen LogP contribution in [0.5, 0.6) is 5.75 Å². The first-order valence-electron chi connectivity index (χ1n) is 12.5. The summed E-state index contributed by atoms with van der Waals surface area (Å²) in [6.07, 6.45) is 4.70. The van der Waals surface area contributed by atoms with Crippen LogP contribution in [0.4, 0.5) is 0 Å². The summed E-state index contributed by atoms with van der Waals surface area (Å²) in [5.41, 5.74) is 2.17. The number of amides is 2. The topological polar surface area (TPSA) is 61.9 Å². The van der Waals surface area contributed by atoms with E-state index in [-0.39, 0.29) is 18.4 Å². The molecule has 2 amide bonds. The van der Waals surface area contributed by atoms with E-state index < -0.39 is 6.04 Å². The third kappa shape index (κ3) is 8.48. The number of piperazine rings is 1. The minimum absolute atomic E-state index is 0.0665. The Kier molecular flexibility index (Phi) is 9.74. The molecule has 37 heavy (non-hydrogen) atoms. The molecule has 0 radical (unpaired) electrons. The van der Waals surface area contributed by atoms with Crippen LogP contribution in [-0.2, 0) is 16.0 Å². The molecule has 1 aliphatic rings. The Morgan fingerprint density at radius 3 is 2.22 bits per heavy atom. The van der Waals surface area contributed by atoms with Crippen LogP contribution in [0.25, 0.3) is 6.08 Å². The Bertz CT molecular complexity index is 1160. The number of carbonyl (C=O) groups excluding carboxylic acids is 2. The highest BCUT2D eigenvalue weighted by molar-refractivity contribution is 6.30. The number of nitrogens with zero attached hydrogens (tertiary/aromatic N) is 2. The molecule has 1 aliphatic heterocycles. The van der Waals surface area contributed by atoms with Crippen molar-refractivity contribution in [1.82, 2.24) is 15.1 Å². The van der Waals surface area contributed by atoms with Gasteiger partial charge >= 0.3 is 0 Å². The van der Waals surface area contributed by atoms with E-state index in [0.717, 1.165) is 25.2 Å². The van der Waals surface area contributed by atoms with Crippen molar-refractivity contribution in [1.29, 1.82) is 0 Å². The van der Waals surface area contributed by atoms with Crippen molar-refractivity contribution in [2.24, 2.45) is 0 Å². The minimum Gasteiger partial charge on any atom is -0.484 e. The van der Waals surface area contributed by atoms with Crippen molar-refractivity contribution >= 4 is 29.5 Å². The molecular weight excluding hydrogens is 486 g/mol. The van der Waals surface area contributed by atoms with Gasteiger partial charge in [0.05, 0.1) is 0 Å². The second kappa shape index (κ2) is 13.6. The van der Waals surface area contributed by atoms with E-state index in [1.165, 1.54) is 5.56 Å². The zero-order valence-corrected chi connectivity index (χ0v) is 21.5. The number of hydrogen-bond donors (Lipinski definition) is 1. The summed E-state index contributed by atoms with van der Waals surface area (Å²) in [6.45, 7) is 3.48. The SMILES string of the molecule is O=C(COc1ccc(Cl)cc1)NC(Cc1ccccc1)C(=O)N1CCN(C/C=C/c2ccccc2)CC1. The lowest BCUT2D eigenvalue weighted by Gasteiger charge is -2.36. The van der Waals surface area contributed by atoms with Crippen molar-refractivity contribution in [3.63, 3.8) is 0 Å². The molecule has 1 fully saturated rings. The summed E-state index contributed by atoms with van der Waals surface area (Å²) >= 11 is 5.90. The van der Waals surface area contributed by atoms with E-state index in [4.69, 9.17) is 16.3 Å². The molecule has 3 aromatic carbocycles. The van der Waals surface area contributed by atoms with E-state index in [0.29, 0.717) is 30.3 Å². The fourth-order valence-electron chi connectivity index (χ4n) is 4.24. The molecule has 3 aromatic rings. The van der Waals surface area contributed by atoms with Gasteiger partial charge in [-0.15, -0.1) is 0 Å². The third-order valence-corrected chi connectivity index (χ3v) is 6.51. The first kappa shape index (κ1) is 26.5. The predicted octanol–water partition coefficient (Wildman–Crippen LogP) is 4.30. The van der Waals surface area contributed by atoms with Gasteiger partial charge in [-0.1, -0.05) is 84.4 Å². The number of benzene rings is 3. The summed E-state index contributed by atoms with van der Waals surface area (Å²) in [6, 6.07) is 26.1. The molecule has 7 heteroatoms. The lowest BCUT2D eigenvalue weighted by molar-refractivity contribution is -0.138. The molecule has 0 spiro atoms. The molecule has 0 bridgehead atoms. The van der Waals surface area contributed by atoms with E-state index >= 15 is 0 Å². The molecule has 1 atom stereocenters. The fraction of sp³-hybridized carbons (Fsp3) is 0.267. The standard InChI is InChI=1S/C30H32ClN3O3/c31-26-13-15-27(16-14-26)37-23-29(35)32-28(22-25-10-5-2-6-11-25)30(36)34-20-18-33(19-21-34)17-7-12-24-8-3-1-4-9-24/h1-16,28H,17-23H2,(H,32,35)/b12-7+. The number of halogens is 1. The second-order valence-corrected chi connectivity index (χ2v) is 9.43. The summed E-state index contributed by atoms with van der Waals surface area (Å²) in [5.74, 6) is 0.139. The summed E-state index contributed by atoms with van der Waals surface area (Å²) < 4.78 is 5.57. The summed E-state index contributed by atoms with van der Waals surface area (Å²) in [7, 11) is 0. The second-order valence-electron chi connectivity index (χ2n) is 8.99. The maximum absolute atomic E-state index is 13.5. The van der Waals surface area contributed by atoms with Gasteiger partial charge in [0, 0.05) is 44.2 Å². The predicted molar refractivity (Wildman–Crippen MR) is 148 cm³/mol. The zero-order chi connectivity index (χ0) is 25.9. The number of carbonyl (C=O) groups is 2. The van der Waals surface area contributed by atoms with Gasteiger partial charge in [0.25, 0.3) is 5.91 Å². The fourth-order valence-corrected chi connectivity index (χ4v) is 4.36. The first-order valence-corrected chi connectivity index (χ1v) is 12.9. The number of rotatable bonds is 10. The Morgan fingerprint density at radius 2 is 1.54 bits per heavy atom. The van der Waals surface area contributed by atoms with Crippen LogP contribution in [0.3, 0.4) is 0 Å². The van der Waals surface area contributed by atoms with Crippen molar-refractivity contribution < 1.29 is 14.3 Å². The van der Waals surface area contributed by atoms with Crippen LogP contribution in [0.2, 0.25) is 5.02 Å². The third-order valence-electron chi connectivity index (χ3n) is 6.26. The summed E-state index contributed by atoms with van der Waals surface area (Å²) in [4.78, 5) is 30.4. The molecule has 6 nitrogen and oxygen atoms in total. The van der Waals surface area contributed by atoms with Crippen molar-refractivity contribution in [3.8, 4) is 5.75 Å². The van der Waals surface area contributed by atoms with Crippen LogP contribution in [0.15, 0.2) is 91.0 Å². The Balaban J connectivity index is 1.31. The van der Waals surface area contributed by atoms with Gasteiger partial charge in [-0.2, -0.15) is 0 Å². The molecule has 1 saturated heterocycles. The van der Waals surface area contributed by atoms with E-state index in [1.54, 1.807) is 24.3 Å². The van der Waals surface area contributed by atoms with Gasteiger partial charge in [0.1, 0.15) is 11.8 Å². The number of nitrogens with one attached hydrogen (secondary N) is 1. The summed E-state index contributed by atoms with van der Waals surface area (Å²) in [5, 5.41) is 3.50. The van der Waals surface area contributed by atoms with Gasteiger partial charge in [0.15, 0.2) is 6.61 Å². The van der Waals surface area contributed by atoms with Crippen LogP contribution in [0.1, 0.15) is 11.1 Å². The monoisotopic (exact) mass is 517 g/mol. The Labute approximate surface area is 223 Å². The van der Waals surface area contributed by atoms with Gasteiger partial charge in [0.2, 0.25) is 5.91 Å². The minimum atomic E-state index is -0.659. The smallest absolute Gasteiger partial charge is 0.258 e. The molecule has 1 N–H and O–H groups in total. The largest absolute Gasteiger partial charge is 0.484 e. The van der Waals surface area contributed by atoms with Crippen LogP contribution in [0, 0.1) is 0 Å². The Hall–Kier alpha value is -3.61. The van der Waals surface area contributed by atoms with Crippen molar-refractivity contribution in [3.05, 3.63) is 107 Å². The molecule has 0 aliphatic carbocycles. The average Bonchev–Trinajstić information content (AvgIpc) is 2.93. The van der Waals surface area contributed by atoms with Crippen LogP contribution >= 0.6 is 11.6 Å². The molecule has 1 heterocycles. The maximum atomic E-state index is 13.5. The quantitative estimate of drug-likeness (QED) is 0.435. The van der Waals surface area contributed by atoms with Gasteiger partial charge in [-0.25, -0.2) is 0 Å². The van der Waals surface area contributed by atoms with Crippen LogP contribution < -0.4 is 10.1 Å². The van der Waals surface area contributed by atoms with Gasteiger partial charge < -0.3 is 15.0 Å². The van der Waals surface area contributed by atoms with E-state index in [2.05, 4.69) is 34.5 Å². The first-order chi connectivity index (χ1) is 18.1. The van der Waals surface area contributed by atoms with E-state index in [1.807, 2.05) is 53.4 Å². The molecular formula is C30H32ClN3O3. The van der Waals surface area contributed by atoms with Gasteiger partial charge in [-0.3, -0.25) is 14.5 Å². The van der Waals surface area contributed by atoms with Crippen LogP contribution in [-0.4, -0.2) is 67.0 Å². The highest BCUT2D eigenvalue weighted by atomic mass is 35.5. The lowest BCUT2D eigenvalue weighted by Crippen LogP contribution is -2.56. The number of hydrogen-bond acceptors (Lipinski definition) is 4. The molecule has 0 saturated carbocycles. The lowest BCUT2D eigenvalue weighted by atomic mass is 10.0. The Morgan fingerprint density at radius 1 is 0.892 bits per heavy atom. The van der Waals surface area contributed by atoms with Crippen molar-refractivity contribution in [2.45, 2.75) is 12.5 Å². The maximum Gasteiger partial charge on any atom is 0.258 e. The van der Waals surface area contributed by atoms with Gasteiger partial charge in [-0.05, 0) is 35.4 Å². The molecule has 4 rings (SSSR count). The van der Waals surface area contributed by atoms with E-state index in [9.17, 15) is 9.59 Å². The molecule has 192 valence electrons. The molecule has 1 unspecified atom stereocenters. The zero-order valence-electron chi connectivity index (χ0n) is 20.8. The molecule has 0 aromatic heterocycles. The highest BCUT2D eigenvalue weighted by Crippen LogP contribution is 2.15.